The summed E-state index contributed by atoms with van der Waals surface area (Å²) < 4.78 is 5.96. The van der Waals surface area contributed by atoms with E-state index < -0.39 is 0 Å². The first-order valence-electron chi connectivity index (χ1n) is 6.59. The smallest absolute Gasteiger partial charge is 0.219 e. The second-order valence-corrected chi connectivity index (χ2v) is 5.21. The minimum atomic E-state index is 0.210. The molecule has 1 amide bonds. The average Bonchev–Trinajstić information content (AvgIpc) is 2.63. The molecule has 2 aliphatic rings. The molecule has 0 unspecified atom stereocenters. The van der Waals surface area contributed by atoms with Gasteiger partial charge in [-0.05, 0) is 25.0 Å². The van der Waals surface area contributed by atoms with Crippen LogP contribution in [0.15, 0.2) is 24.5 Å². The largest absolute Gasteiger partial charge is 0.489 e. The van der Waals surface area contributed by atoms with Crippen molar-refractivity contribution in [3.8, 4) is 5.75 Å². The number of hydrogen-bond acceptors (Lipinski definition) is 3. The highest BCUT2D eigenvalue weighted by Gasteiger charge is 2.42. The fraction of sp³-hybridized carbons (Fsp3) is 0.571. The van der Waals surface area contributed by atoms with Crippen LogP contribution in [0.4, 0.5) is 0 Å². The van der Waals surface area contributed by atoms with E-state index in [1.165, 1.54) is 0 Å². The monoisotopic (exact) mass is 246 g/mol. The number of carbonyl (C=O) groups is 1. The van der Waals surface area contributed by atoms with Gasteiger partial charge in [-0.1, -0.05) is 0 Å². The van der Waals surface area contributed by atoms with Crippen LogP contribution in [0.2, 0.25) is 0 Å². The second kappa shape index (κ2) is 4.59. The Balaban J connectivity index is 1.67. The number of amides is 1. The maximum atomic E-state index is 11.6. The predicted molar refractivity (Wildman–Crippen MR) is 67.2 cm³/mol. The molecule has 0 aliphatic carbocycles. The van der Waals surface area contributed by atoms with Crippen LogP contribution in [0.1, 0.15) is 32.6 Å². The van der Waals surface area contributed by atoms with Crippen molar-refractivity contribution in [1.29, 1.82) is 0 Å². The molecule has 0 saturated carbocycles. The Kier molecular flexibility index (Phi) is 2.94. The van der Waals surface area contributed by atoms with E-state index in [1.807, 2.05) is 12.1 Å². The van der Waals surface area contributed by atoms with E-state index in [1.54, 1.807) is 19.3 Å². The summed E-state index contributed by atoms with van der Waals surface area (Å²) in [6, 6.07) is 4.58. The second-order valence-electron chi connectivity index (χ2n) is 5.21. The quantitative estimate of drug-likeness (QED) is 0.801. The number of nitrogens with zero attached hydrogens (tertiary/aromatic N) is 2. The Morgan fingerprint density at radius 1 is 1.39 bits per heavy atom. The lowest BCUT2D eigenvalue weighted by molar-refractivity contribution is -0.134. The van der Waals surface area contributed by atoms with Crippen LogP contribution in [0.25, 0.3) is 0 Å². The summed E-state index contributed by atoms with van der Waals surface area (Å²) in [5.41, 5.74) is 0. The molecule has 96 valence electrons. The van der Waals surface area contributed by atoms with Crippen LogP contribution in [-0.2, 0) is 4.79 Å². The SMILES string of the molecule is CC(=O)N1[C@H]2CC[C@H]1CC(Oc1cccnc1)C2. The first-order chi connectivity index (χ1) is 8.74. The Hall–Kier alpha value is -1.58. The topological polar surface area (TPSA) is 42.4 Å². The van der Waals surface area contributed by atoms with Gasteiger partial charge in [0.2, 0.25) is 5.91 Å². The number of hydrogen-bond donors (Lipinski definition) is 0. The number of aromatic nitrogens is 1. The number of carbonyl (C=O) groups excluding carboxylic acids is 1. The third kappa shape index (κ3) is 2.07. The molecule has 3 rings (SSSR count). The molecular weight excluding hydrogens is 228 g/mol. The van der Waals surface area contributed by atoms with Crippen LogP contribution >= 0.6 is 0 Å². The van der Waals surface area contributed by atoms with Crippen LogP contribution < -0.4 is 4.74 Å². The average molecular weight is 246 g/mol. The third-order valence-electron chi connectivity index (χ3n) is 3.99. The van der Waals surface area contributed by atoms with Crippen molar-refractivity contribution in [1.82, 2.24) is 9.88 Å². The molecule has 2 bridgehead atoms. The van der Waals surface area contributed by atoms with Gasteiger partial charge in [-0.2, -0.15) is 0 Å². The van der Waals surface area contributed by atoms with Crippen LogP contribution in [0.5, 0.6) is 5.75 Å². The minimum absolute atomic E-state index is 0.210. The molecule has 3 heterocycles. The molecule has 1 aromatic rings. The molecule has 4 nitrogen and oxygen atoms in total. The van der Waals surface area contributed by atoms with E-state index in [2.05, 4.69) is 9.88 Å². The molecular formula is C14H18N2O2. The fourth-order valence-corrected chi connectivity index (χ4v) is 3.35. The van der Waals surface area contributed by atoms with Gasteiger partial charge in [0.15, 0.2) is 0 Å². The summed E-state index contributed by atoms with van der Waals surface area (Å²) in [5.74, 6) is 1.04. The molecule has 18 heavy (non-hydrogen) atoms. The first kappa shape index (κ1) is 11.5. The minimum Gasteiger partial charge on any atom is -0.489 e. The molecule has 2 atom stereocenters. The molecule has 0 aromatic carbocycles. The maximum Gasteiger partial charge on any atom is 0.219 e. The van der Waals surface area contributed by atoms with Crippen molar-refractivity contribution in [2.75, 3.05) is 0 Å². The van der Waals surface area contributed by atoms with E-state index >= 15 is 0 Å². The predicted octanol–water partition coefficient (Wildman–Crippen LogP) is 2.00. The molecule has 2 saturated heterocycles. The third-order valence-corrected chi connectivity index (χ3v) is 3.99. The van der Waals surface area contributed by atoms with Crippen molar-refractivity contribution in [2.24, 2.45) is 0 Å². The summed E-state index contributed by atoms with van der Waals surface area (Å²) in [4.78, 5) is 17.7. The van der Waals surface area contributed by atoms with Gasteiger partial charge in [0.1, 0.15) is 11.9 Å². The van der Waals surface area contributed by atoms with Crippen LogP contribution in [0.3, 0.4) is 0 Å². The van der Waals surface area contributed by atoms with E-state index in [0.717, 1.165) is 31.4 Å². The molecule has 4 heteroatoms. The molecule has 0 spiro atoms. The first-order valence-corrected chi connectivity index (χ1v) is 6.59. The number of ether oxygens (including phenoxy) is 1. The van der Waals surface area contributed by atoms with Crippen molar-refractivity contribution in [3.63, 3.8) is 0 Å². The van der Waals surface area contributed by atoms with E-state index in [0.29, 0.717) is 12.1 Å². The highest BCUT2D eigenvalue weighted by molar-refractivity contribution is 5.74. The van der Waals surface area contributed by atoms with Crippen molar-refractivity contribution in [2.45, 2.75) is 50.8 Å². The van der Waals surface area contributed by atoms with Gasteiger partial charge >= 0.3 is 0 Å². The summed E-state index contributed by atoms with van der Waals surface area (Å²) in [5, 5.41) is 0. The fourth-order valence-electron chi connectivity index (χ4n) is 3.35. The summed E-state index contributed by atoms with van der Waals surface area (Å²) in [6.45, 7) is 1.67. The zero-order valence-corrected chi connectivity index (χ0v) is 10.6. The zero-order chi connectivity index (χ0) is 12.5. The highest BCUT2D eigenvalue weighted by Crippen LogP contribution is 2.37. The Bertz CT molecular complexity index is 421. The normalized spacial score (nSPS) is 30.3. The van der Waals surface area contributed by atoms with E-state index in [4.69, 9.17) is 4.74 Å². The van der Waals surface area contributed by atoms with Crippen molar-refractivity contribution < 1.29 is 9.53 Å². The van der Waals surface area contributed by atoms with Gasteiger partial charge in [-0.25, -0.2) is 0 Å². The Labute approximate surface area is 107 Å². The van der Waals surface area contributed by atoms with Crippen LogP contribution in [-0.4, -0.2) is 34.0 Å². The van der Waals surface area contributed by atoms with Gasteiger partial charge in [0.05, 0.1) is 6.20 Å². The van der Waals surface area contributed by atoms with Gasteiger partial charge in [-0.15, -0.1) is 0 Å². The van der Waals surface area contributed by atoms with Gasteiger partial charge < -0.3 is 9.64 Å². The lowest BCUT2D eigenvalue weighted by Gasteiger charge is -2.38. The van der Waals surface area contributed by atoms with Gasteiger partial charge in [0, 0.05) is 38.0 Å². The summed E-state index contributed by atoms with van der Waals surface area (Å²) >= 11 is 0. The summed E-state index contributed by atoms with van der Waals surface area (Å²) in [7, 11) is 0. The van der Waals surface area contributed by atoms with E-state index in [9.17, 15) is 4.79 Å². The number of pyridine rings is 1. The Morgan fingerprint density at radius 2 is 2.11 bits per heavy atom. The lowest BCUT2D eigenvalue weighted by atomic mass is 9.99. The molecule has 0 radical (unpaired) electrons. The highest BCUT2D eigenvalue weighted by atomic mass is 16.5. The molecule has 0 N–H and O–H groups in total. The number of piperidine rings is 1. The number of fused-ring (bicyclic) bond motifs is 2. The van der Waals surface area contributed by atoms with Crippen molar-refractivity contribution >= 4 is 5.91 Å². The molecule has 2 aliphatic heterocycles. The van der Waals surface area contributed by atoms with Crippen LogP contribution in [0, 0.1) is 0 Å². The molecule has 1 aromatic heterocycles. The maximum absolute atomic E-state index is 11.6. The summed E-state index contributed by atoms with van der Waals surface area (Å²) in [6.07, 6.45) is 7.86. The van der Waals surface area contributed by atoms with Crippen molar-refractivity contribution in [3.05, 3.63) is 24.5 Å². The number of rotatable bonds is 2. The zero-order valence-electron chi connectivity index (χ0n) is 10.6. The standard InChI is InChI=1S/C14H18N2O2/c1-10(17)16-11-4-5-12(16)8-14(7-11)18-13-3-2-6-15-9-13/h2-3,6,9,11-12,14H,4-5,7-8H2,1H3/t11-,12-/m0/s1. The van der Waals surface area contributed by atoms with E-state index in [-0.39, 0.29) is 12.0 Å². The van der Waals surface area contributed by atoms with Gasteiger partial charge in [0.25, 0.3) is 0 Å². The lowest BCUT2D eigenvalue weighted by Crippen LogP contribution is -2.48. The van der Waals surface area contributed by atoms with Gasteiger partial charge in [-0.3, -0.25) is 9.78 Å². The molecule has 2 fully saturated rings. The Morgan fingerprint density at radius 3 is 2.67 bits per heavy atom.